The summed E-state index contributed by atoms with van der Waals surface area (Å²) in [7, 11) is 0. The molecule has 0 amide bonds. The highest BCUT2D eigenvalue weighted by atomic mass is 16.5. The highest BCUT2D eigenvalue weighted by Crippen LogP contribution is 2.27. The van der Waals surface area contributed by atoms with Crippen LogP contribution in [0.2, 0.25) is 0 Å². The van der Waals surface area contributed by atoms with Gasteiger partial charge in [0, 0.05) is 18.1 Å². The van der Waals surface area contributed by atoms with Gasteiger partial charge in [-0.1, -0.05) is 38.1 Å². The topological polar surface area (TPSA) is 48.2 Å². The first-order chi connectivity index (χ1) is 9.54. The van der Waals surface area contributed by atoms with Crippen molar-refractivity contribution in [3.8, 4) is 11.5 Å². The summed E-state index contributed by atoms with van der Waals surface area (Å²) < 4.78 is 10.7. The molecule has 0 bridgehead atoms. The minimum absolute atomic E-state index is 0.152. The van der Waals surface area contributed by atoms with Gasteiger partial charge in [-0.3, -0.25) is 0 Å². The molecule has 0 radical (unpaired) electrons. The summed E-state index contributed by atoms with van der Waals surface area (Å²) in [5, 5.41) is 4.08. The number of nitrogens with zero attached hydrogens (tertiary/aromatic N) is 2. The zero-order chi connectivity index (χ0) is 14.2. The third kappa shape index (κ3) is 2.61. The van der Waals surface area contributed by atoms with Crippen molar-refractivity contribution in [3.63, 3.8) is 0 Å². The summed E-state index contributed by atoms with van der Waals surface area (Å²) >= 11 is 0. The van der Waals surface area contributed by atoms with Crippen molar-refractivity contribution in [3.05, 3.63) is 35.7 Å². The molecule has 0 saturated carbocycles. The second kappa shape index (κ2) is 5.02. The van der Waals surface area contributed by atoms with Gasteiger partial charge in [0.1, 0.15) is 0 Å². The SMILES string of the molecule is CC(C)(C)c1ccc(-c2nc(C3CCOC3)no2)cc1. The van der Waals surface area contributed by atoms with Crippen molar-refractivity contribution < 1.29 is 9.26 Å². The van der Waals surface area contributed by atoms with E-state index in [-0.39, 0.29) is 11.3 Å². The van der Waals surface area contributed by atoms with Crippen LogP contribution >= 0.6 is 0 Å². The fourth-order valence-corrected chi connectivity index (χ4v) is 2.37. The first-order valence-corrected chi connectivity index (χ1v) is 7.06. The van der Waals surface area contributed by atoms with E-state index in [1.165, 1.54) is 5.56 Å². The van der Waals surface area contributed by atoms with Crippen molar-refractivity contribution in [1.82, 2.24) is 10.1 Å². The zero-order valence-corrected chi connectivity index (χ0v) is 12.2. The molecule has 1 fully saturated rings. The smallest absolute Gasteiger partial charge is 0.257 e. The molecule has 1 aliphatic heterocycles. The fourth-order valence-electron chi connectivity index (χ4n) is 2.37. The quantitative estimate of drug-likeness (QED) is 0.839. The molecule has 4 nitrogen and oxygen atoms in total. The maximum Gasteiger partial charge on any atom is 0.257 e. The molecule has 4 heteroatoms. The molecule has 106 valence electrons. The molecular formula is C16H20N2O2. The molecule has 0 aliphatic carbocycles. The van der Waals surface area contributed by atoms with Crippen molar-refractivity contribution in [2.75, 3.05) is 13.2 Å². The second-order valence-electron chi connectivity index (χ2n) is 6.35. The van der Waals surface area contributed by atoms with E-state index in [1.54, 1.807) is 0 Å². The minimum atomic E-state index is 0.152. The largest absolute Gasteiger partial charge is 0.381 e. The lowest BCUT2D eigenvalue weighted by Crippen LogP contribution is -2.10. The van der Waals surface area contributed by atoms with Crippen LogP contribution in [0.3, 0.4) is 0 Å². The van der Waals surface area contributed by atoms with Crippen LogP contribution in [0.25, 0.3) is 11.5 Å². The fraction of sp³-hybridized carbons (Fsp3) is 0.500. The predicted octanol–water partition coefficient (Wildman–Crippen LogP) is 3.54. The Morgan fingerprint density at radius 2 is 1.90 bits per heavy atom. The normalized spacial score (nSPS) is 19.4. The van der Waals surface area contributed by atoms with E-state index in [4.69, 9.17) is 9.26 Å². The number of rotatable bonds is 2. The average Bonchev–Trinajstić information content (AvgIpc) is 3.09. The molecule has 1 aromatic carbocycles. The third-order valence-corrected chi connectivity index (χ3v) is 3.73. The van der Waals surface area contributed by atoms with Crippen LogP contribution in [-0.2, 0) is 10.2 Å². The van der Waals surface area contributed by atoms with Crippen LogP contribution < -0.4 is 0 Å². The van der Waals surface area contributed by atoms with Gasteiger partial charge in [-0.15, -0.1) is 0 Å². The molecule has 1 aliphatic rings. The molecule has 0 N–H and O–H groups in total. The van der Waals surface area contributed by atoms with Gasteiger partial charge < -0.3 is 9.26 Å². The number of aromatic nitrogens is 2. The van der Waals surface area contributed by atoms with E-state index < -0.39 is 0 Å². The van der Waals surface area contributed by atoms with Gasteiger partial charge in [-0.05, 0) is 29.5 Å². The standard InChI is InChI=1S/C16H20N2O2/c1-16(2,3)13-6-4-11(5-7-13)15-17-14(18-20-15)12-8-9-19-10-12/h4-7,12H,8-10H2,1-3H3. The van der Waals surface area contributed by atoms with Gasteiger partial charge in [0.05, 0.1) is 6.61 Å². The zero-order valence-electron chi connectivity index (χ0n) is 12.2. The summed E-state index contributed by atoms with van der Waals surface area (Å²) in [6, 6.07) is 8.34. The molecule has 1 saturated heterocycles. The molecule has 1 atom stereocenters. The Hall–Kier alpha value is -1.68. The lowest BCUT2D eigenvalue weighted by Gasteiger charge is -2.18. The molecule has 1 aromatic heterocycles. The van der Waals surface area contributed by atoms with E-state index in [2.05, 4.69) is 43.0 Å². The summed E-state index contributed by atoms with van der Waals surface area (Å²) in [4.78, 5) is 4.50. The molecule has 1 unspecified atom stereocenters. The Balaban J connectivity index is 1.82. The van der Waals surface area contributed by atoms with Crippen LogP contribution in [0.5, 0.6) is 0 Å². The van der Waals surface area contributed by atoms with Crippen molar-refractivity contribution in [2.24, 2.45) is 0 Å². The lowest BCUT2D eigenvalue weighted by atomic mass is 9.87. The molecule has 0 spiro atoms. The van der Waals surface area contributed by atoms with Crippen LogP contribution in [0.4, 0.5) is 0 Å². The van der Waals surface area contributed by atoms with Crippen molar-refractivity contribution >= 4 is 0 Å². The maximum atomic E-state index is 5.37. The highest BCUT2D eigenvalue weighted by Gasteiger charge is 2.23. The molecular weight excluding hydrogens is 252 g/mol. The number of hydrogen-bond acceptors (Lipinski definition) is 4. The second-order valence-corrected chi connectivity index (χ2v) is 6.35. The van der Waals surface area contributed by atoms with Gasteiger partial charge >= 0.3 is 0 Å². The number of ether oxygens (including phenoxy) is 1. The average molecular weight is 272 g/mol. The van der Waals surface area contributed by atoms with Gasteiger partial charge in [-0.2, -0.15) is 4.98 Å². The van der Waals surface area contributed by atoms with E-state index in [1.807, 2.05) is 12.1 Å². The van der Waals surface area contributed by atoms with Gasteiger partial charge in [-0.25, -0.2) is 0 Å². The van der Waals surface area contributed by atoms with Gasteiger partial charge in [0.2, 0.25) is 0 Å². The Labute approximate surface area is 119 Å². The van der Waals surface area contributed by atoms with E-state index in [0.717, 1.165) is 24.4 Å². The Morgan fingerprint density at radius 1 is 1.15 bits per heavy atom. The van der Waals surface area contributed by atoms with E-state index in [0.29, 0.717) is 12.5 Å². The Morgan fingerprint density at radius 3 is 2.50 bits per heavy atom. The minimum Gasteiger partial charge on any atom is -0.381 e. The molecule has 2 heterocycles. The third-order valence-electron chi connectivity index (χ3n) is 3.73. The first kappa shape index (κ1) is 13.3. The Bertz CT molecular complexity index is 575. The summed E-state index contributed by atoms with van der Waals surface area (Å²) in [6.45, 7) is 8.09. The van der Waals surface area contributed by atoms with E-state index >= 15 is 0 Å². The van der Waals surface area contributed by atoms with E-state index in [9.17, 15) is 0 Å². The summed E-state index contributed by atoms with van der Waals surface area (Å²) in [6.07, 6.45) is 0.974. The van der Waals surface area contributed by atoms with Crippen molar-refractivity contribution in [2.45, 2.75) is 38.5 Å². The van der Waals surface area contributed by atoms with Gasteiger partial charge in [0.25, 0.3) is 5.89 Å². The van der Waals surface area contributed by atoms with Gasteiger partial charge in [0.15, 0.2) is 5.82 Å². The molecule has 20 heavy (non-hydrogen) atoms. The van der Waals surface area contributed by atoms with Crippen LogP contribution in [0.15, 0.2) is 28.8 Å². The maximum absolute atomic E-state index is 5.37. The van der Waals surface area contributed by atoms with Crippen LogP contribution in [0.1, 0.15) is 44.5 Å². The number of hydrogen-bond donors (Lipinski definition) is 0. The molecule has 3 rings (SSSR count). The highest BCUT2D eigenvalue weighted by molar-refractivity contribution is 5.53. The van der Waals surface area contributed by atoms with Crippen LogP contribution in [0, 0.1) is 0 Å². The summed E-state index contributed by atoms with van der Waals surface area (Å²) in [5.41, 5.74) is 2.42. The Kier molecular flexibility index (Phi) is 3.34. The lowest BCUT2D eigenvalue weighted by molar-refractivity contribution is 0.192. The van der Waals surface area contributed by atoms with Crippen LogP contribution in [-0.4, -0.2) is 23.4 Å². The van der Waals surface area contributed by atoms with Crippen molar-refractivity contribution in [1.29, 1.82) is 0 Å². The number of benzene rings is 1. The molecule has 2 aromatic rings. The summed E-state index contributed by atoms with van der Waals surface area (Å²) in [5.74, 6) is 1.63. The monoisotopic (exact) mass is 272 g/mol. The first-order valence-electron chi connectivity index (χ1n) is 7.06. The predicted molar refractivity (Wildman–Crippen MR) is 76.6 cm³/mol.